The molecular weight excluding hydrogens is 496 g/mol. The molecule has 0 amide bonds. The van der Waals surface area contributed by atoms with E-state index < -0.39 is 0 Å². The zero-order valence-corrected chi connectivity index (χ0v) is 22.4. The fourth-order valence-electron chi connectivity index (χ4n) is 4.35. The first kappa shape index (κ1) is 25.7. The predicted molar refractivity (Wildman–Crippen MR) is 155 cm³/mol. The van der Waals surface area contributed by atoms with Gasteiger partial charge in [0, 0.05) is 74.8 Å². The van der Waals surface area contributed by atoms with Gasteiger partial charge in [-0.1, -0.05) is 24.3 Å². The van der Waals surface area contributed by atoms with Crippen molar-refractivity contribution in [2.45, 2.75) is 11.8 Å². The number of ether oxygens (including phenoxy) is 1. The van der Waals surface area contributed by atoms with E-state index in [1.165, 1.54) is 6.21 Å². The smallest absolute Gasteiger partial charge is 0.140 e. The number of nitrogens with one attached hydrogen (secondary N) is 3. The molecule has 9 nitrogen and oxygen atoms in total. The number of fused-ring (bicyclic) bond motifs is 1. The van der Waals surface area contributed by atoms with Crippen molar-refractivity contribution in [1.29, 1.82) is 5.41 Å². The Morgan fingerprint density at radius 2 is 2.00 bits per heavy atom. The number of anilines is 1. The molecule has 0 unspecified atom stereocenters. The standard InChI is InChI=1S/C28H32N8OS/c1-30-15-22(13-29)21-5-3-20(4-6-21)14-31-27-12-25(33-19-34-27)26-16-32-28-11-23(7-8-36(26)28)37-10-9-35-17-24(18-35)38-2/h3-8,11-13,15-16,19,24,29-30H,9-10,14,17-18H2,1-2H3,(H,31,33,34)/b22-15+,29-13?. The second-order valence-corrected chi connectivity index (χ2v) is 10.2. The van der Waals surface area contributed by atoms with E-state index in [1.54, 1.807) is 6.33 Å². The Labute approximate surface area is 226 Å². The molecule has 4 aromatic rings. The van der Waals surface area contributed by atoms with E-state index >= 15 is 0 Å². The van der Waals surface area contributed by atoms with Gasteiger partial charge in [0.25, 0.3) is 0 Å². The van der Waals surface area contributed by atoms with Crippen LogP contribution in [0.25, 0.3) is 22.6 Å². The van der Waals surface area contributed by atoms with Crippen molar-refractivity contribution in [2.24, 2.45) is 0 Å². The Morgan fingerprint density at radius 1 is 1.16 bits per heavy atom. The lowest BCUT2D eigenvalue weighted by molar-refractivity contribution is 0.154. The van der Waals surface area contributed by atoms with Gasteiger partial charge >= 0.3 is 0 Å². The Bertz CT molecular complexity index is 1410. The number of aromatic nitrogens is 4. The number of likely N-dealkylation sites (tertiary alicyclic amines) is 1. The van der Waals surface area contributed by atoms with Crippen LogP contribution in [0.5, 0.6) is 5.75 Å². The highest BCUT2D eigenvalue weighted by Crippen LogP contribution is 2.24. The zero-order valence-electron chi connectivity index (χ0n) is 21.6. The minimum atomic E-state index is 0.621. The highest BCUT2D eigenvalue weighted by atomic mass is 32.2. The minimum absolute atomic E-state index is 0.621. The molecule has 10 heteroatoms. The van der Waals surface area contributed by atoms with E-state index in [-0.39, 0.29) is 0 Å². The molecule has 3 aromatic heterocycles. The summed E-state index contributed by atoms with van der Waals surface area (Å²) in [5.41, 5.74) is 5.42. The summed E-state index contributed by atoms with van der Waals surface area (Å²) in [7, 11) is 1.83. The lowest BCUT2D eigenvalue weighted by Gasteiger charge is -2.37. The molecule has 196 valence electrons. The van der Waals surface area contributed by atoms with Crippen LogP contribution in [-0.4, -0.2) is 75.3 Å². The van der Waals surface area contributed by atoms with Gasteiger partial charge in [0.2, 0.25) is 0 Å². The molecular formula is C28H32N8OS. The van der Waals surface area contributed by atoms with Crippen LogP contribution in [0.2, 0.25) is 0 Å². The van der Waals surface area contributed by atoms with E-state index in [2.05, 4.69) is 36.7 Å². The third-order valence-corrected chi connectivity index (χ3v) is 7.53. The number of thioether (sulfide) groups is 1. The van der Waals surface area contributed by atoms with Gasteiger partial charge in [0.15, 0.2) is 0 Å². The summed E-state index contributed by atoms with van der Waals surface area (Å²) in [5.74, 6) is 1.56. The van der Waals surface area contributed by atoms with Crippen LogP contribution in [0.15, 0.2) is 67.4 Å². The first-order valence-electron chi connectivity index (χ1n) is 12.6. The van der Waals surface area contributed by atoms with Crippen molar-refractivity contribution in [2.75, 3.05) is 44.9 Å². The molecule has 3 N–H and O–H groups in total. The first-order chi connectivity index (χ1) is 18.7. The number of hydrogen-bond donors (Lipinski definition) is 3. The van der Waals surface area contributed by atoms with Gasteiger partial charge in [0.05, 0.1) is 17.6 Å². The van der Waals surface area contributed by atoms with Crippen molar-refractivity contribution in [3.05, 3.63) is 78.5 Å². The zero-order chi connectivity index (χ0) is 26.3. The fraction of sp³-hybridized carbons (Fsp3) is 0.286. The van der Waals surface area contributed by atoms with Crippen LogP contribution in [0, 0.1) is 5.41 Å². The topological polar surface area (TPSA) is 103 Å². The van der Waals surface area contributed by atoms with Crippen LogP contribution in [0.1, 0.15) is 11.1 Å². The second kappa shape index (κ2) is 12.1. The fourth-order valence-corrected chi connectivity index (χ4v) is 5.07. The highest BCUT2D eigenvalue weighted by molar-refractivity contribution is 7.99. The largest absolute Gasteiger partial charge is 0.492 e. The van der Waals surface area contributed by atoms with E-state index in [1.807, 2.05) is 84.3 Å². The molecule has 4 heterocycles. The van der Waals surface area contributed by atoms with E-state index in [0.29, 0.717) is 13.2 Å². The third-order valence-electron chi connectivity index (χ3n) is 6.56. The average Bonchev–Trinajstić information content (AvgIpc) is 3.36. The molecule has 0 bridgehead atoms. The summed E-state index contributed by atoms with van der Waals surface area (Å²) < 4.78 is 7.99. The van der Waals surface area contributed by atoms with Crippen LogP contribution in [0.3, 0.4) is 0 Å². The second-order valence-electron chi connectivity index (χ2n) is 9.07. The maximum absolute atomic E-state index is 7.57. The molecule has 1 aromatic carbocycles. The summed E-state index contributed by atoms with van der Waals surface area (Å²) in [4.78, 5) is 15.9. The molecule has 1 fully saturated rings. The SMILES string of the molecule is CN/C=C(\C=N)c1ccc(CNc2cc(-c3cnc4cc(OCCN5CC(SC)C5)ccn34)ncn2)cc1. The van der Waals surface area contributed by atoms with Gasteiger partial charge in [-0.05, 0) is 23.4 Å². The number of nitrogens with zero attached hydrogens (tertiary/aromatic N) is 5. The van der Waals surface area contributed by atoms with Crippen LogP contribution >= 0.6 is 11.8 Å². The van der Waals surface area contributed by atoms with Gasteiger partial charge in [0.1, 0.15) is 30.1 Å². The lowest BCUT2D eigenvalue weighted by Crippen LogP contribution is -2.50. The summed E-state index contributed by atoms with van der Waals surface area (Å²) in [6, 6.07) is 14.0. The number of pyridine rings is 1. The van der Waals surface area contributed by atoms with Crippen molar-refractivity contribution in [1.82, 2.24) is 29.6 Å². The summed E-state index contributed by atoms with van der Waals surface area (Å²) >= 11 is 1.94. The van der Waals surface area contributed by atoms with E-state index in [9.17, 15) is 0 Å². The molecule has 1 saturated heterocycles. The summed E-state index contributed by atoms with van der Waals surface area (Å²) in [5, 5.41) is 14.7. The van der Waals surface area contributed by atoms with E-state index in [4.69, 9.17) is 10.1 Å². The Kier molecular flexibility index (Phi) is 8.20. The number of hydrogen-bond acceptors (Lipinski definition) is 9. The molecule has 38 heavy (non-hydrogen) atoms. The Morgan fingerprint density at radius 3 is 2.76 bits per heavy atom. The monoisotopic (exact) mass is 528 g/mol. The molecule has 5 rings (SSSR count). The first-order valence-corrected chi connectivity index (χ1v) is 13.8. The highest BCUT2D eigenvalue weighted by Gasteiger charge is 2.25. The van der Waals surface area contributed by atoms with Gasteiger partial charge in [-0.15, -0.1) is 0 Å². The summed E-state index contributed by atoms with van der Waals surface area (Å²) in [6.07, 6.45) is 10.7. The van der Waals surface area contributed by atoms with Crippen LogP contribution < -0.4 is 15.4 Å². The van der Waals surface area contributed by atoms with Crippen molar-refractivity contribution in [3.8, 4) is 17.1 Å². The average molecular weight is 529 g/mol. The maximum Gasteiger partial charge on any atom is 0.140 e. The summed E-state index contributed by atoms with van der Waals surface area (Å²) in [6.45, 7) is 4.54. The molecule has 1 aliphatic rings. The molecule has 0 spiro atoms. The van der Waals surface area contributed by atoms with Crippen molar-refractivity contribution >= 4 is 35.0 Å². The molecule has 0 saturated carbocycles. The quantitative estimate of drug-likeness (QED) is 0.237. The van der Waals surface area contributed by atoms with Crippen molar-refractivity contribution in [3.63, 3.8) is 0 Å². The van der Waals surface area contributed by atoms with Crippen LogP contribution in [0.4, 0.5) is 5.82 Å². The number of rotatable bonds is 12. The minimum Gasteiger partial charge on any atom is -0.492 e. The van der Waals surface area contributed by atoms with E-state index in [0.717, 1.165) is 70.2 Å². The third kappa shape index (κ3) is 5.98. The lowest BCUT2D eigenvalue weighted by atomic mass is 10.1. The molecule has 0 atom stereocenters. The Balaban J connectivity index is 1.20. The maximum atomic E-state index is 7.57. The van der Waals surface area contributed by atoms with Gasteiger partial charge in [-0.3, -0.25) is 9.30 Å². The number of imidazole rings is 1. The van der Waals surface area contributed by atoms with Crippen LogP contribution in [-0.2, 0) is 6.54 Å². The van der Waals surface area contributed by atoms with Crippen molar-refractivity contribution < 1.29 is 4.74 Å². The Hall–Kier alpha value is -3.89. The molecule has 0 radical (unpaired) electrons. The van der Waals surface area contributed by atoms with Gasteiger partial charge < -0.3 is 20.8 Å². The van der Waals surface area contributed by atoms with Gasteiger partial charge in [-0.2, -0.15) is 11.8 Å². The number of benzene rings is 1. The molecule has 0 aliphatic carbocycles. The normalized spacial score (nSPS) is 14.3. The van der Waals surface area contributed by atoms with Gasteiger partial charge in [-0.25, -0.2) is 15.0 Å². The number of allylic oxidation sites excluding steroid dienone is 1. The molecule has 1 aliphatic heterocycles. The predicted octanol–water partition coefficient (Wildman–Crippen LogP) is 4.04.